The summed E-state index contributed by atoms with van der Waals surface area (Å²) in [5, 5.41) is 7.72. The van der Waals surface area contributed by atoms with Crippen molar-refractivity contribution in [3.63, 3.8) is 0 Å². The van der Waals surface area contributed by atoms with Crippen molar-refractivity contribution in [2.24, 2.45) is 13.0 Å². The third-order valence-corrected chi connectivity index (χ3v) is 7.18. The average Bonchev–Trinajstić information content (AvgIpc) is 3.24. The summed E-state index contributed by atoms with van der Waals surface area (Å²) in [6.07, 6.45) is 9.36. The van der Waals surface area contributed by atoms with Crippen LogP contribution in [0.1, 0.15) is 65.5 Å². The molecule has 8 nitrogen and oxygen atoms in total. The predicted octanol–water partition coefficient (Wildman–Crippen LogP) is 1.78. The molecule has 2 amide bonds. The first-order valence-electron chi connectivity index (χ1n) is 11.0. The molecule has 2 saturated carbocycles. The molecule has 5 rings (SSSR count). The normalized spacial score (nSPS) is 27.2. The summed E-state index contributed by atoms with van der Waals surface area (Å²) < 4.78 is 4.00. The quantitative estimate of drug-likeness (QED) is 0.814. The second kappa shape index (κ2) is 7.25. The van der Waals surface area contributed by atoms with Crippen molar-refractivity contribution in [3.8, 4) is 0 Å². The van der Waals surface area contributed by atoms with E-state index in [9.17, 15) is 9.59 Å². The largest absolute Gasteiger partial charge is 0.349 e. The molecule has 3 aliphatic rings. The fourth-order valence-electron chi connectivity index (χ4n) is 5.16. The van der Waals surface area contributed by atoms with Gasteiger partial charge in [-0.3, -0.25) is 14.3 Å². The second-order valence-electron chi connectivity index (χ2n) is 9.21. The Balaban J connectivity index is 1.14. The lowest BCUT2D eigenvalue weighted by Crippen LogP contribution is -2.54. The van der Waals surface area contributed by atoms with Gasteiger partial charge in [0.25, 0.3) is 5.91 Å². The highest BCUT2D eigenvalue weighted by atomic mass is 16.2. The molecule has 0 aromatic carbocycles. The number of imidazole rings is 1. The lowest BCUT2D eigenvalue weighted by Gasteiger charge is -2.41. The van der Waals surface area contributed by atoms with Gasteiger partial charge in [0, 0.05) is 56.5 Å². The molecule has 160 valence electrons. The Labute approximate surface area is 176 Å². The van der Waals surface area contributed by atoms with E-state index in [-0.39, 0.29) is 29.8 Å². The van der Waals surface area contributed by atoms with Gasteiger partial charge in [-0.15, -0.1) is 0 Å². The summed E-state index contributed by atoms with van der Waals surface area (Å²) in [6.45, 7) is 2.83. The number of fused-ring (bicyclic) bond motifs is 1. The number of hydrogen-bond acceptors (Lipinski definition) is 4. The number of rotatable bonds is 5. The SMILES string of the molecule is Cc1nn2c(c1C(=O)NC1CC(N(C)C(=O)[C@@H]3C[C@H]3c3cncn3C)C1)CCCC2. The third kappa shape index (κ3) is 3.22. The molecule has 0 unspecified atom stereocenters. The Morgan fingerprint density at radius 2 is 2.03 bits per heavy atom. The molecular weight excluding hydrogens is 380 g/mol. The highest BCUT2D eigenvalue weighted by Gasteiger charge is 2.48. The van der Waals surface area contributed by atoms with E-state index in [1.54, 1.807) is 6.33 Å². The number of aryl methyl sites for hydroxylation is 3. The highest BCUT2D eigenvalue weighted by molar-refractivity contribution is 5.96. The standard InChI is InChI=1S/C22H30N6O2/c1-13-20(18-6-4-5-7-28(18)25-13)21(29)24-14-8-15(9-14)27(3)22(30)17-10-16(17)19-11-23-12-26(19)2/h11-12,14-17H,4-10H2,1-3H3,(H,24,29)/t14?,15?,16-,17-/m1/s1. The zero-order valence-electron chi connectivity index (χ0n) is 18.0. The van der Waals surface area contributed by atoms with E-state index in [0.29, 0.717) is 5.92 Å². The van der Waals surface area contributed by atoms with Gasteiger partial charge in [-0.1, -0.05) is 0 Å². The van der Waals surface area contributed by atoms with E-state index in [2.05, 4.69) is 15.4 Å². The van der Waals surface area contributed by atoms with Crippen LogP contribution >= 0.6 is 0 Å². The Bertz CT molecular complexity index is 986. The summed E-state index contributed by atoms with van der Waals surface area (Å²) in [5.74, 6) is 0.573. The Morgan fingerprint density at radius 1 is 1.23 bits per heavy atom. The predicted molar refractivity (Wildman–Crippen MR) is 111 cm³/mol. The van der Waals surface area contributed by atoms with E-state index < -0.39 is 0 Å². The summed E-state index contributed by atoms with van der Waals surface area (Å²) in [6, 6.07) is 0.334. The number of carbonyl (C=O) groups is 2. The molecule has 2 atom stereocenters. The van der Waals surface area contributed by atoms with E-state index in [1.807, 2.05) is 41.4 Å². The summed E-state index contributed by atoms with van der Waals surface area (Å²) in [5.41, 5.74) is 3.80. The third-order valence-electron chi connectivity index (χ3n) is 7.18. The molecule has 0 saturated heterocycles. The van der Waals surface area contributed by atoms with Crippen molar-refractivity contribution in [1.82, 2.24) is 29.5 Å². The van der Waals surface area contributed by atoms with Crippen LogP contribution in [0.2, 0.25) is 0 Å². The molecule has 30 heavy (non-hydrogen) atoms. The van der Waals surface area contributed by atoms with Gasteiger partial charge in [0.15, 0.2) is 0 Å². The summed E-state index contributed by atoms with van der Waals surface area (Å²) >= 11 is 0. The number of amides is 2. The van der Waals surface area contributed by atoms with Crippen LogP contribution in [0.25, 0.3) is 0 Å². The molecule has 2 aliphatic carbocycles. The van der Waals surface area contributed by atoms with Crippen LogP contribution in [0.15, 0.2) is 12.5 Å². The van der Waals surface area contributed by atoms with Gasteiger partial charge in [0.05, 0.1) is 23.3 Å². The van der Waals surface area contributed by atoms with Crippen LogP contribution in [0.5, 0.6) is 0 Å². The topological polar surface area (TPSA) is 85.1 Å². The Morgan fingerprint density at radius 3 is 2.77 bits per heavy atom. The van der Waals surface area contributed by atoms with Crippen molar-refractivity contribution >= 4 is 11.8 Å². The first-order chi connectivity index (χ1) is 14.4. The minimum absolute atomic E-state index is 0.00783. The molecule has 1 N–H and O–H groups in total. The van der Waals surface area contributed by atoms with Crippen molar-refractivity contribution in [2.75, 3.05) is 7.05 Å². The van der Waals surface area contributed by atoms with Crippen LogP contribution in [-0.2, 0) is 24.8 Å². The fraction of sp³-hybridized carbons (Fsp3) is 0.636. The van der Waals surface area contributed by atoms with Crippen molar-refractivity contribution in [3.05, 3.63) is 35.2 Å². The number of nitrogens with zero attached hydrogens (tertiary/aromatic N) is 5. The minimum atomic E-state index is -0.00783. The van der Waals surface area contributed by atoms with Gasteiger partial charge in [-0.2, -0.15) is 5.10 Å². The second-order valence-corrected chi connectivity index (χ2v) is 9.21. The number of carbonyl (C=O) groups excluding carboxylic acids is 2. The molecule has 1 aliphatic heterocycles. The molecule has 0 radical (unpaired) electrons. The van der Waals surface area contributed by atoms with Crippen molar-refractivity contribution in [1.29, 1.82) is 0 Å². The fourth-order valence-corrected chi connectivity index (χ4v) is 5.16. The average molecular weight is 411 g/mol. The van der Waals surface area contributed by atoms with Crippen LogP contribution in [-0.4, -0.2) is 55.2 Å². The molecule has 0 spiro atoms. The Kier molecular flexibility index (Phi) is 4.67. The summed E-state index contributed by atoms with van der Waals surface area (Å²) in [7, 11) is 3.88. The molecule has 8 heteroatoms. The molecule has 2 aromatic rings. The van der Waals surface area contributed by atoms with E-state index in [4.69, 9.17) is 0 Å². The van der Waals surface area contributed by atoms with Crippen LogP contribution in [0.3, 0.4) is 0 Å². The van der Waals surface area contributed by atoms with Crippen LogP contribution in [0.4, 0.5) is 0 Å². The van der Waals surface area contributed by atoms with Gasteiger partial charge in [0.1, 0.15) is 0 Å². The van der Waals surface area contributed by atoms with Crippen LogP contribution in [0, 0.1) is 12.8 Å². The molecule has 3 heterocycles. The van der Waals surface area contributed by atoms with Gasteiger partial charge in [-0.25, -0.2) is 4.98 Å². The zero-order chi connectivity index (χ0) is 21.0. The highest BCUT2D eigenvalue weighted by Crippen LogP contribution is 2.48. The maximum atomic E-state index is 12.9. The van der Waals surface area contributed by atoms with E-state index in [1.165, 1.54) is 0 Å². The molecular formula is C22H30N6O2. The smallest absolute Gasteiger partial charge is 0.255 e. The monoisotopic (exact) mass is 410 g/mol. The minimum Gasteiger partial charge on any atom is -0.349 e. The van der Waals surface area contributed by atoms with Gasteiger partial charge in [0.2, 0.25) is 5.91 Å². The first kappa shape index (κ1) is 19.3. The lowest BCUT2D eigenvalue weighted by atomic mass is 9.85. The zero-order valence-corrected chi connectivity index (χ0v) is 18.0. The van der Waals surface area contributed by atoms with E-state index in [0.717, 1.165) is 67.7 Å². The molecule has 2 aromatic heterocycles. The maximum absolute atomic E-state index is 12.9. The van der Waals surface area contributed by atoms with Gasteiger partial charge >= 0.3 is 0 Å². The van der Waals surface area contributed by atoms with Crippen LogP contribution < -0.4 is 5.32 Å². The van der Waals surface area contributed by atoms with Crippen molar-refractivity contribution in [2.45, 2.75) is 70.0 Å². The maximum Gasteiger partial charge on any atom is 0.255 e. The van der Waals surface area contributed by atoms with Crippen molar-refractivity contribution < 1.29 is 9.59 Å². The molecule has 2 fully saturated rings. The first-order valence-corrected chi connectivity index (χ1v) is 11.0. The number of hydrogen-bond donors (Lipinski definition) is 1. The lowest BCUT2D eigenvalue weighted by molar-refractivity contribution is -0.135. The summed E-state index contributed by atoms with van der Waals surface area (Å²) in [4.78, 5) is 31.8. The number of aromatic nitrogens is 4. The van der Waals surface area contributed by atoms with Gasteiger partial charge in [-0.05, 0) is 45.4 Å². The van der Waals surface area contributed by atoms with E-state index >= 15 is 0 Å². The molecule has 0 bridgehead atoms. The Hall–Kier alpha value is -2.64. The van der Waals surface area contributed by atoms with Gasteiger partial charge < -0.3 is 14.8 Å². The number of nitrogens with one attached hydrogen (secondary N) is 1.